The van der Waals surface area contributed by atoms with E-state index in [2.05, 4.69) is 15.5 Å². The highest BCUT2D eigenvalue weighted by atomic mass is 19.4. The molecule has 0 saturated carbocycles. The van der Waals surface area contributed by atoms with Gasteiger partial charge in [-0.25, -0.2) is 4.79 Å². The van der Waals surface area contributed by atoms with E-state index in [0.29, 0.717) is 70.2 Å². The molecule has 0 bridgehead atoms. The predicted molar refractivity (Wildman–Crippen MR) is 166 cm³/mol. The van der Waals surface area contributed by atoms with Crippen LogP contribution in [0.3, 0.4) is 0 Å². The zero-order chi connectivity index (χ0) is 34.2. The van der Waals surface area contributed by atoms with E-state index in [1.54, 1.807) is 13.2 Å². The Morgan fingerprint density at radius 1 is 0.787 bits per heavy atom. The zero-order valence-corrected chi connectivity index (χ0v) is 25.7. The highest BCUT2D eigenvalue weighted by Crippen LogP contribution is 2.38. The van der Waals surface area contributed by atoms with Crippen molar-refractivity contribution in [3.8, 4) is 5.75 Å². The maximum absolute atomic E-state index is 13.4. The number of piperazine rings is 1. The Morgan fingerprint density at radius 2 is 1.38 bits per heavy atom. The number of rotatable bonds is 11. The minimum absolute atomic E-state index is 0.0305. The summed E-state index contributed by atoms with van der Waals surface area (Å²) in [5, 5.41) is 7.27. The van der Waals surface area contributed by atoms with Gasteiger partial charge in [-0.15, -0.1) is 0 Å². The maximum atomic E-state index is 13.4. The highest BCUT2D eigenvalue weighted by molar-refractivity contribution is 6.04. The van der Waals surface area contributed by atoms with Gasteiger partial charge < -0.3 is 35.2 Å². The van der Waals surface area contributed by atoms with Gasteiger partial charge in [-0.05, 0) is 61.9 Å². The fourth-order valence-electron chi connectivity index (χ4n) is 5.09. The molecule has 9 nitrogen and oxygen atoms in total. The van der Waals surface area contributed by atoms with E-state index in [0.717, 1.165) is 11.4 Å². The molecule has 3 aromatic rings. The Hall–Kier alpha value is -4.66. The zero-order valence-electron chi connectivity index (χ0n) is 25.7. The first kappa shape index (κ1) is 35.2. The van der Waals surface area contributed by atoms with Gasteiger partial charge in [0.15, 0.2) is 0 Å². The van der Waals surface area contributed by atoms with Gasteiger partial charge in [-0.1, -0.05) is 12.1 Å². The molecular weight excluding hydrogens is 632 g/mol. The molecule has 4 rings (SSSR count). The molecule has 0 spiro atoms. The number of anilines is 4. The van der Waals surface area contributed by atoms with Crippen LogP contribution in [0.2, 0.25) is 0 Å². The fraction of sp³-hybridized carbons (Fsp3) is 0.375. The van der Waals surface area contributed by atoms with Crippen LogP contribution < -0.4 is 30.5 Å². The molecule has 1 saturated heterocycles. The number of amides is 3. The fourth-order valence-corrected chi connectivity index (χ4v) is 5.09. The van der Waals surface area contributed by atoms with Crippen LogP contribution in [-0.2, 0) is 17.1 Å². The minimum atomic E-state index is -5.08. The summed E-state index contributed by atoms with van der Waals surface area (Å²) in [6.45, 7) is 5.49. The number of alkyl halides is 6. The van der Waals surface area contributed by atoms with Gasteiger partial charge in [0.25, 0.3) is 5.91 Å². The molecule has 0 unspecified atom stereocenters. The number of para-hydroxylation sites is 2. The Morgan fingerprint density at radius 3 is 1.98 bits per heavy atom. The third-order valence-electron chi connectivity index (χ3n) is 7.35. The van der Waals surface area contributed by atoms with Crippen molar-refractivity contribution in [2.75, 3.05) is 73.5 Å². The normalized spacial score (nSPS) is 13.7. The lowest BCUT2D eigenvalue weighted by Gasteiger charge is -2.38. The number of urea groups is 1. The monoisotopic (exact) mass is 667 g/mol. The van der Waals surface area contributed by atoms with Crippen LogP contribution in [0.1, 0.15) is 34.8 Å². The lowest BCUT2D eigenvalue weighted by atomic mass is 10.1. The van der Waals surface area contributed by atoms with E-state index >= 15 is 0 Å². The molecule has 0 aliphatic carbocycles. The molecule has 0 aromatic heterocycles. The number of benzene rings is 3. The SMILES string of the molecule is CCOCCCNC(=O)c1cc(NC(=O)Nc2cc(C(F)(F)F)cc(C(F)(F)F)c2)ccc1N1CCN(c2ccccc2OC)CC1. The molecule has 1 aliphatic heterocycles. The van der Waals surface area contributed by atoms with Crippen LogP contribution in [0.25, 0.3) is 0 Å². The van der Waals surface area contributed by atoms with Crippen LogP contribution in [-0.4, -0.2) is 65.0 Å². The van der Waals surface area contributed by atoms with Gasteiger partial charge in [0, 0.05) is 63.0 Å². The van der Waals surface area contributed by atoms with E-state index in [9.17, 15) is 35.9 Å². The topological polar surface area (TPSA) is 95.2 Å². The third kappa shape index (κ3) is 9.44. The van der Waals surface area contributed by atoms with Gasteiger partial charge in [0.05, 0.1) is 29.5 Å². The van der Waals surface area contributed by atoms with Crippen molar-refractivity contribution in [2.24, 2.45) is 0 Å². The van der Waals surface area contributed by atoms with E-state index < -0.39 is 41.1 Å². The summed E-state index contributed by atoms with van der Waals surface area (Å²) in [4.78, 5) is 30.3. The molecular formula is C32H35F6N5O4. The van der Waals surface area contributed by atoms with E-state index in [-0.39, 0.29) is 17.3 Å². The number of methoxy groups -OCH3 is 1. The second-order valence-corrected chi connectivity index (χ2v) is 10.6. The van der Waals surface area contributed by atoms with Crippen LogP contribution in [0.5, 0.6) is 5.75 Å². The summed E-state index contributed by atoms with van der Waals surface area (Å²) < 4.78 is 90.4. The van der Waals surface area contributed by atoms with Crippen LogP contribution in [0.4, 0.5) is 53.9 Å². The lowest BCUT2D eigenvalue weighted by molar-refractivity contribution is -0.143. The number of carbonyl (C=O) groups is 2. The van der Waals surface area contributed by atoms with Crippen molar-refractivity contribution in [3.63, 3.8) is 0 Å². The summed E-state index contributed by atoms with van der Waals surface area (Å²) >= 11 is 0. The van der Waals surface area contributed by atoms with Crippen LogP contribution in [0, 0.1) is 0 Å². The van der Waals surface area contributed by atoms with Gasteiger partial charge in [0.1, 0.15) is 5.75 Å². The molecule has 0 atom stereocenters. The number of hydrogen-bond acceptors (Lipinski definition) is 6. The van der Waals surface area contributed by atoms with E-state index in [4.69, 9.17) is 9.47 Å². The third-order valence-corrected chi connectivity index (χ3v) is 7.35. The van der Waals surface area contributed by atoms with Crippen LogP contribution >= 0.6 is 0 Å². The molecule has 1 heterocycles. The average molecular weight is 668 g/mol. The number of nitrogens with one attached hydrogen (secondary N) is 3. The minimum Gasteiger partial charge on any atom is -0.495 e. The van der Waals surface area contributed by atoms with Gasteiger partial charge in [0.2, 0.25) is 0 Å². The Labute approximate surface area is 267 Å². The molecule has 3 aromatic carbocycles. The second-order valence-electron chi connectivity index (χ2n) is 10.6. The Bertz CT molecular complexity index is 1510. The van der Waals surface area contributed by atoms with Crippen LogP contribution in [0.15, 0.2) is 60.7 Å². The van der Waals surface area contributed by atoms with E-state index in [1.165, 1.54) is 12.1 Å². The highest BCUT2D eigenvalue weighted by Gasteiger charge is 2.37. The maximum Gasteiger partial charge on any atom is 0.416 e. The van der Waals surface area contributed by atoms with Gasteiger partial charge in [-0.3, -0.25) is 4.79 Å². The van der Waals surface area contributed by atoms with Crippen molar-refractivity contribution in [2.45, 2.75) is 25.7 Å². The number of hydrogen-bond donors (Lipinski definition) is 3. The summed E-state index contributed by atoms with van der Waals surface area (Å²) in [6, 6.07) is 11.9. The second kappa shape index (κ2) is 15.3. The van der Waals surface area contributed by atoms with Crippen molar-refractivity contribution < 1.29 is 45.4 Å². The van der Waals surface area contributed by atoms with E-state index in [1.807, 2.05) is 41.4 Å². The molecule has 47 heavy (non-hydrogen) atoms. The van der Waals surface area contributed by atoms with Crippen molar-refractivity contribution in [1.29, 1.82) is 0 Å². The quantitative estimate of drug-likeness (QED) is 0.153. The van der Waals surface area contributed by atoms with Crippen molar-refractivity contribution in [3.05, 3.63) is 77.4 Å². The average Bonchev–Trinajstić information content (AvgIpc) is 3.03. The largest absolute Gasteiger partial charge is 0.495 e. The summed E-state index contributed by atoms with van der Waals surface area (Å²) in [5.41, 5.74) is -1.99. The standard InChI is InChI=1S/C32H35F6N5O4/c1-3-47-16-6-11-39-29(44)25-20-23(40-30(45)41-24-18-21(31(33,34)35)17-22(19-24)32(36,37)38)9-10-26(25)42-12-14-43(15-13-42)27-7-4-5-8-28(27)46-2/h4-5,7-10,17-20H,3,6,11-16H2,1-2H3,(H,39,44)(H2,40,41,45). The Kier molecular flexibility index (Phi) is 11.4. The van der Waals surface area contributed by atoms with Gasteiger partial charge >= 0.3 is 18.4 Å². The molecule has 254 valence electrons. The number of halogens is 6. The van der Waals surface area contributed by atoms with Crippen molar-refractivity contribution >= 4 is 34.7 Å². The number of carbonyl (C=O) groups excluding carboxylic acids is 2. The Balaban J connectivity index is 1.53. The van der Waals surface area contributed by atoms with Crippen molar-refractivity contribution in [1.82, 2.24) is 5.32 Å². The number of nitrogens with zero attached hydrogens (tertiary/aromatic N) is 2. The lowest BCUT2D eigenvalue weighted by Crippen LogP contribution is -2.47. The smallest absolute Gasteiger partial charge is 0.416 e. The first-order chi connectivity index (χ1) is 22.3. The summed E-state index contributed by atoms with van der Waals surface area (Å²) in [7, 11) is 1.60. The van der Waals surface area contributed by atoms with Gasteiger partial charge in [-0.2, -0.15) is 26.3 Å². The molecule has 3 N–H and O–H groups in total. The molecule has 1 aliphatic rings. The summed E-state index contributed by atoms with van der Waals surface area (Å²) in [6.07, 6.45) is -9.59. The first-order valence-electron chi connectivity index (χ1n) is 14.8. The summed E-state index contributed by atoms with van der Waals surface area (Å²) in [5.74, 6) is 0.307. The predicted octanol–water partition coefficient (Wildman–Crippen LogP) is 6.86. The molecule has 0 radical (unpaired) electrons. The number of ether oxygens (including phenoxy) is 2. The molecule has 3 amide bonds. The molecule has 1 fully saturated rings. The molecule has 15 heteroatoms. The first-order valence-corrected chi connectivity index (χ1v) is 14.8.